The number of H-pyrrole nitrogens is 1. The molecule has 9 nitrogen and oxygen atoms in total. The van der Waals surface area contributed by atoms with Crippen LogP contribution in [0.5, 0.6) is 0 Å². The average molecular weight is 471 g/mol. The molecule has 3 aromatic rings. The second-order valence-electron chi connectivity index (χ2n) is 8.96. The third-order valence-corrected chi connectivity index (χ3v) is 6.76. The number of nitrogens with two attached hydrogens (primary N) is 2. The number of amides is 3. The van der Waals surface area contributed by atoms with Crippen LogP contribution in [0.25, 0.3) is 27.6 Å². The molecule has 0 bridgehead atoms. The number of nitrogens with zero attached hydrogens (tertiary/aromatic N) is 3. The summed E-state index contributed by atoms with van der Waals surface area (Å²) in [5, 5.41) is 8.62. The molecule has 0 radical (unpaired) electrons. The molecular formula is C26H26N6O3. The van der Waals surface area contributed by atoms with E-state index in [-0.39, 0.29) is 23.9 Å². The second-order valence-corrected chi connectivity index (χ2v) is 8.96. The minimum atomic E-state index is -0.636. The summed E-state index contributed by atoms with van der Waals surface area (Å²) >= 11 is 0. The number of aromatic nitrogens is 2. The topological polar surface area (TPSA) is 138 Å². The van der Waals surface area contributed by atoms with E-state index in [9.17, 15) is 14.4 Å². The summed E-state index contributed by atoms with van der Waals surface area (Å²) in [7, 11) is 0. The first-order valence-electron chi connectivity index (χ1n) is 11.4. The molecule has 5 rings (SSSR count). The fourth-order valence-electron chi connectivity index (χ4n) is 4.81. The molecule has 9 heteroatoms. The van der Waals surface area contributed by atoms with Gasteiger partial charge in [-0.25, -0.2) is 0 Å². The minimum Gasteiger partial charge on any atom is -0.398 e. The molecule has 35 heavy (non-hydrogen) atoms. The maximum absolute atomic E-state index is 13.1. The molecule has 178 valence electrons. The zero-order valence-electron chi connectivity index (χ0n) is 19.4. The molecule has 0 unspecified atom stereocenters. The minimum absolute atomic E-state index is 0.0536. The molecule has 0 aliphatic carbocycles. The van der Waals surface area contributed by atoms with Crippen molar-refractivity contribution in [3.63, 3.8) is 0 Å². The highest BCUT2D eigenvalue weighted by atomic mass is 16.2. The highest BCUT2D eigenvalue weighted by molar-refractivity contribution is 6.06. The van der Waals surface area contributed by atoms with Crippen LogP contribution >= 0.6 is 0 Å². The van der Waals surface area contributed by atoms with E-state index in [1.807, 2.05) is 18.2 Å². The summed E-state index contributed by atoms with van der Waals surface area (Å²) in [5.41, 5.74) is 18.0. The predicted molar refractivity (Wildman–Crippen MR) is 134 cm³/mol. The largest absolute Gasteiger partial charge is 0.398 e. The Morgan fingerprint density at radius 2 is 2.03 bits per heavy atom. The zero-order chi connectivity index (χ0) is 24.9. The Hall–Kier alpha value is -4.40. The fourth-order valence-corrected chi connectivity index (χ4v) is 4.81. The van der Waals surface area contributed by atoms with Gasteiger partial charge < -0.3 is 21.3 Å². The quantitative estimate of drug-likeness (QED) is 0.388. The number of aromatic amines is 1. The van der Waals surface area contributed by atoms with E-state index in [1.54, 1.807) is 17.9 Å². The van der Waals surface area contributed by atoms with Crippen molar-refractivity contribution in [2.24, 2.45) is 5.73 Å². The standard InChI is InChI=1S/C26H26N6O3/c1-14(25(28)34)12-32-13-20-18(4-5-21(27)23(20)26(32)35)17-3-6-22-19(11-17)24(30-29-22)16-7-9-31(10-8-16)15(2)33/h3-7,11H,1,8-10,12-13,27H2,2H3,(H2,28,34)(H,29,30). The highest BCUT2D eigenvalue weighted by Crippen LogP contribution is 2.38. The van der Waals surface area contributed by atoms with Gasteiger partial charge in [0.05, 0.1) is 23.3 Å². The van der Waals surface area contributed by atoms with Gasteiger partial charge in [0.1, 0.15) is 0 Å². The number of hydrogen-bond acceptors (Lipinski definition) is 5. The molecule has 3 heterocycles. The number of rotatable bonds is 5. The molecule has 5 N–H and O–H groups in total. The monoisotopic (exact) mass is 470 g/mol. The lowest BCUT2D eigenvalue weighted by atomic mass is 9.94. The molecular weight excluding hydrogens is 444 g/mol. The highest BCUT2D eigenvalue weighted by Gasteiger charge is 2.32. The zero-order valence-corrected chi connectivity index (χ0v) is 19.4. The van der Waals surface area contributed by atoms with E-state index in [0.717, 1.165) is 45.3 Å². The summed E-state index contributed by atoms with van der Waals surface area (Å²) in [4.78, 5) is 39.5. The van der Waals surface area contributed by atoms with Gasteiger partial charge in [0, 0.05) is 43.2 Å². The van der Waals surface area contributed by atoms with Crippen LogP contribution in [0.4, 0.5) is 5.69 Å². The Kier molecular flexibility index (Phi) is 5.39. The normalized spacial score (nSPS) is 15.3. The molecule has 2 aliphatic rings. The van der Waals surface area contributed by atoms with Crippen LogP contribution < -0.4 is 11.5 Å². The van der Waals surface area contributed by atoms with Crippen molar-refractivity contribution in [2.45, 2.75) is 19.9 Å². The van der Waals surface area contributed by atoms with Crippen molar-refractivity contribution in [1.29, 1.82) is 0 Å². The van der Waals surface area contributed by atoms with Gasteiger partial charge in [-0.2, -0.15) is 5.10 Å². The van der Waals surface area contributed by atoms with Gasteiger partial charge in [-0.1, -0.05) is 24.8 Å². The molecule has 3 amide bonds. The Morgan fingerprint density at radius 3 is 2.71 bits per heavy atom. The Balaban J connectivity index is 1.53. The van der Waals surface area contributed by atoms with Crippen molar-refractivity contribution in [3.05, 3.63) is 65.4 Å². The summed E-state index contributed by atoms with van der Waals surface area (Å²) in [6, 6.07) is 9.67. The van der Waals surface area contributed by atoms with Crippen LogP contribution in [0.3, 0.4) is 0 Å². The number of primary amides is 1. The molecule has 1 aromatic heterocycles. The van der Waals surface area contributed by atoms with Crippen molar-refractivity contribution < 1.29 is 14.4 Å². The van der Waals surface area contributed by atoms with Crippen LogP contribution in [0.15, 0.2) is 48.6 Å². The number of carbonyl (C=O) groups is 3. The van der Waals surface area contributed by atoms with Gasteiger partial charge in [-0.05, 0) is 46.9 Å². The Bertz CT molecular complexity index is 1450. The average Bonchev–Trinajstić information content (AvgIpc) is 3.40. The summed E-state index contributed by atoms with van der Waals surface area (Å²) in [6.07, 6.45) is 2.78. The first-order chi connectivity index (χ1) is 16.7. The number of carbonyl (C=O) groups excluding carboxylic acids is 3. The summed E-state index contributed by atoms with van der Waals surface area (Å²) in [5.74, 6) is -0.813. The number of fused-ring (bicyclic) bond motifs is 2. The van der Waals surface area contributed by atoms with E-state index in [0.29, 0.717) is 30.9 Å². The van der Waals surface area contributed by atoms with Gasteiger partial charge in [-0.3, -0.25) is 19.5 Å². The summed E-state index contributed by atoms with van der Waals surface area (Å²) in [6.45, 7) is 6.85. The lowest BCUT2D eigenvalue weighted by molar-refractivity contribution is -0.128. The SMILES string of the molecule is C=C(CN1Cc2c(-c3ccc4[nH]nc(C5=CCN(C(C)=O)CC5)c4c3)ccc(N)c2C1=O)C(N)=O. The molecule has 0 spiro atoms. The Morgan fingerprint density at radius 1 is 1.23 bits per heavy atom. The van der Waals surface area contributed by atoms with Crippen molar-refractivity contribution in [3.8, 4) is 11.1 Å². The van der Waals surface area contributed by atoms with Gasteiger partial charge >= 0.3 is 0 Å². The third-order valence-electron chi connectivity index (χ3n) is 6.76. The van der Waals surface area contributed by atoms with E-state index in [1.165, 1.54) is 4.90 Å². The van der Waals surface area contributed by atoms with Crippen LogP contribution in [0.2, 0.25) is 0 Å². The smallest absolute Gasteiger partial charge is 0.256 e. The van der Waals surface area contributed by atoms with Crippen LogP contribution in [0.1, 0.15) is 35.0 Å². The number of benzene rings is 2. The lowest BCUT2D eigenvalue weighted by Gasteiger charge is -2.24. The van der Waals surface area contributed by atoms with Crippen molar-refractivity contribution in [2.75, 3.05) is 25.4 Å². The van der Waals surface area contributed by atoms with Gasteiger partial charge in [-0.15, -0.1) is 0 Å². The first kappa shape index (κ1) is 22.4. The van der Waals surface area contributed by atoms with Gasteiger partial charge in [0.2, 0.25) is 11.8 Å². The number of hydrogen-bond donors (Lipinski definition) is 3. The summed E-state index contributed by atoms with van der Waals surface area (Å²) < 4.78 is 0. The third kappa shape index (κ3) is 3.84. The molecule has 2 aliphatic heterocycles. The predicted octanol–water partition coefficient (Wildman–Crippen LogP) is 2.44. The molecule has 0 saturated heterocycles. The number of nitrogen functional groups attached to an aromatic ring is 1. The van der Waals surface area contributed by atoms with Crippen molar-refractivity contribution in [1.82, 2.24) is 20.0 Å². The van der Waals surface area contributed by atoms with Crippen LogP contribution in [0, 0.1) is 0 Å². The Labute approximate surface area is 202 Å². The molecule has 0 saturated carbocycles. The second kappa shape index (κ2) is 8.43. The lowest BCUT2D eigenvalue weighted by Crippen LogP contribution is -2.32. The number of nitrogens with one attached hydrogen (secondary N) is 1. The van der Waals surface area contributed by atoms with E-state index in [2.05, 4.69) is 28.9 Å². The maximum atomic E-state index is 13.1. The van der Waals surface area contributed by atoms with E-state index < -0.39 is 5.91 Å². The van der Waals surface area contributed by atoms with E-state index >= 15 is 0 Å². The van der Waals surface area contributed by atoms with E-state index in [4.69, 9.17) is 11.5 Å². The van der Waals surface area contributed by atoms with Crippen molar-refractivity contribution >= 4 is 39.9 Å². The van der Waals surface area contributed by atoms with Gasteiger partial charge in [0.15, 0.2) is 0 Å². The number of anilines is 1. The van der Waals surface area contributed by atoms with Crippen LogP contribution in [-0.2, 0) is 16.1 Å². The molecule has 0 atom stereocenters. The van der Waals surface area contributed by atoms with Crippen LogP contribution in [-0.4, -0.2) is 57.4 Å². The fraction of sp³-hybridized carbons (Fsp3) is 0.231. The first-order valence-corrected chi connectivity index (χ1v) is 11.4. The molecule has 0 fully saturated rings. The maximum Gasteiger partial charge on any atom is 0.256 e. The van der Waals surface area contributed by atoms with Gasteiger partial charge in [0.25, 0.3) is 5.91 Å². The molecule has 2 aromatic carbocycles.